The molecule has 0 atom stereocenters. The standard InChI is InChI=1S/C17H15N5OS/c1-23-13-5-2-11(3-6-13)9-22-10-19-14-7-4-12(8-15(14)22)16-20-21-17(18)24-16/h2-8,10H,9H2,1H3,(H2,18,21). The summed E-state index contributed by atoms with van der Waals surface area (Å²) in [7, 11) is 1.67. The molecular formula is C17H15N5OS. The van der Waals surface area contributed by atoms with Gasteiger partial charge in [0.25, 0.3) is 0 Å². The van der Waals surface area contributed by atoms with Gasteiger partial charge in [0.2, 0.25) is 5.13 Å². The highest BCUT2D eigenvalue weighted by molar-refractivity contribution is 7.18. The molecule has 120 valence electrons. The van der Waals surface area contributed by atoms with Crippen LogP contribution in [0.4, 0.5) is 5.13 Å². The Balaban J connectivity index is 1.70. The summed E-state index contributed by atoms with van der Waals surface area (Å²) in [6, 6.07) is 14.1. The maximum Gasteiger partial charge on any atom is 0.203 e. The van der Waals surface area contributed by atoms with Crippen LogP contribution in [0, 0.1) is 0 Å². The average Bonchev–Trinajstić information content (AvgIpc) is 3.22. The van der Waals surface area contributed by atoms with E-state index < -0.39 is 0 Å². The molecule has 4 rings (SSSR count). The van der Waals surface area contributed by atoms with Gasteiger partial charge in [0.05, 0.1) is 24.5 Å². The lowest BCUT2D eigenvalue weighted by molar-refractivity contribution is 0.414. The third kappa shape index (κ3) is 2.69. The fourth-order valence-corrected chi connectivity index (χ4v) is 3.20. The van der Waals surface area contributed by atoms with Gasteiger partial charge in [-0.25, -0.2) is 4.98 Å². The fourth-order valence-electron chi connectivity index (χ4n) is 2.59. The smallest absolute Gasteiger partial charge is 0.203 e. The zero-order valence-electron chi connectivity index (χ0n) is 13.0. The van der Waals surface area contributed by atoms with Crippen molar-refractivity contribution in [1.82, 2.24) is 19.7 Å². The molecule has 7 heteroatoms. The van der Waals surface area contributed by atoms with Crippen LogP contribution in [0.1, 0.15) is 5.56 Å². The number of aromatic nitrogens is 4. The number of hydrogen-bond donors (Lipinski definition) is 1. The first-order valence-corrected chi connectivity index (χ1v) is 8.22. The van der Waals surface area contributed by atoms with Crippen molar-refractivity contribution >= 4 is 27.5 Å². The van der Waals surface area contributed by atoms with Crippen LogP contribution < -0.4 is 10.5 Å². The Labute approximate surface area is 142 Å². The summed E-state index contributed by atoms with van der Waals surface area (Å²) in [4.78, 5) is 4.47. The molecule has 0 amide bonds. The lowest BCUT2D eigenvalue weighted by Crippen LogP contribution is -1.98. The van der Waals surface area contributed by atoms with Crippen LogP contribution in [0.15, 0.2) is 48.8 Å². The number of ether oxygens (including phenoxy) is 1. The van der Waals surface area contributed by atoms with Crippen molar-refractivity contribution in [3.05, 3.63) is 54.4 Å². The van der Waals surface area contributed by atoms with Gasteiger partial charge in [0.15, 0.2) is 0 Å². The van der Waals surface area contributed by atoms with Crippen molar-refractivity contribution < 1.29 is 4.74 Å². The summed E-state index contributed by atoms with van der Waals surface area (Å²) in [6.45, 7) is 0.738. The van der Waals surface area contributed by atoms with Crippen molar-refractivity contribution in [3.8, 4) is 16.3 Å². The number of nitrogen functional groups attached to an aromatic ring is 1. The van der Waals surface area contributed by atoms with Gasteiger partial charge in [-0.2, -0.15) is 0 Å². The molecule has 0 fully saturated rings. The molecule has 4 aromatic rings. The van der Waals surface area contributed by atoms with Crippen LogP contribution in [0.5, 0.6) is 5.75 Å². The van der Waals surface area contributed by atoms with E-state index >= 15 is 0 Å². The number of hydrogen-bond acceptors (Lipinski definition) is 6. The Hall–Kier alpha value is -2.93. The molecule has 0 radical (unpaired) electrons. The molecule has 0 saturated carbocycles. The number of fused-ring (bicyclic) bond motifs is 1. The second-order valence-corrected chi connectivity index (χ2v) is 6.38. The SMILES string of the molecule is COc1ccc(Cn2cnc3ccc(-c4nnc(N)s4)cc32)cc1. The molecule has 0 unspecified atom stereocenters. The van der Waals surface area contributed by atoms with Gasteiger partial charge in [-0.1, -0.05) is 23.5 Å². The van der Waals surface area contributed by atoms with E-state index in [2.05, 4.69) is 37.9 Å². The molecule has 2 heterocycles. The first-order valence-electron chi connectivity index (χ1n) is 7.40. The molecule has 0 spiro atoms. The third-order valence-electron chi connectivity index (χ3n) is 3.82. The minimum absolute atomic E-state index is 0.469. The van der Waals surface area contributed by atoms with Crippen LogP contribution in [0.2, 0.25) is 0 Å². The normalized spacial score (nSPS) is 11.0. The number of rotatable bonds is 4. The summed E-state index contributed by atoms with van der Waals surface area (Å²) in [5.41, 5.74) is 9.86. The Morgan fingerprint density at radius 1 is 1.12 bits per heavy atom. The predicted octanol–water partition coefficient (Wildman–Crippen LogP) is 3.19. The van der Waals surface area contributed by atoms with Crippen molar-refractivity contribution in [2.45, 2.75) is 6.54 Å². The number of anilines is 1. The van der Waals surface area contributed by atoms with Gasteiger partial charge in [0, 0.05) is 12.1 Å². The molecule has 6 nitrogen and oxygen atoms in total. The van der Waals surface area contributed by atoms with Crippen LogP contribution in [0.25, 0.3) is 21.6 Å². The fraction of sp³-hybridized carbons (Fsp3) is 0.118. The second-order valence-electron chi connectivity index (χ2n) is 5.37. The quantitative estimate of drug-likeness (QED) is 0.619. The molecule has 2 N–H and O–H groups in total. The van der Waals surface area contributed by atoms with E-state index in [4.69, 9.17) is 10.5 Å². The first kappa shape index (κ1) is 14.6. The monoisotopic (exact) mass is 337 g/mol. The van der Waals surface area contributed by atoms with Crippen LogP contribution in [-0.4, -0.2) is 26.9 Å². The topological polar surface area (TPSA) is 78.8 Å². The molecule has 2 aromatic carbocycles. The molecule has 0 aliphatic heterocycles. The molecule has 2 aromatic heterocycles. The zero-order chi connectivity index (χ0) is 16.5. The molecule has 0 aliphatic carbocycles. The van der Waals surface area contributed by atoms with Gasteiger partial charge in [-0.3, -0.25) is 0 Å². The van der Waals surface area contributed by atoms with Gasteiger partial charge in [0.1, 0.15) is 10.8 Å². The summed E-state index contributed by atoms with van der Waals surface area (Å²) >= 11 is 1.38. The van der Waals surface area contributed by atoms with Crippen molar-refractivity contribution in [3.63, 3.8) is 0 Å². The summed E-state index contributed by atoms with van der Waals surface area (Å²) in [5, 5.41) is 9.27. The molecular weight excluding hydrogens is 322 g/mol. The summed E-state index contributed by atoms with van der Waals surface area (Å²) in [6.07, 6.45) is 1.85. The van der Waals surface area contributed by atoms with E-state index in [0.29, 0.717) is 5.13 Å². The lowest BCUT2D eigenvalue weighted by Gasteiger charge is -2.06. The number of nitrogens with zero attached hydrogens (tertiary/aromatic N) is 4. The van der Waals surface area contributed by atoms with E-state index in [1.54, 1.807) is 7.11 Å². The lowest BCUT2D eigenvalue weighted by atomic mass is 10.2. The number of nitrogens with two attached hydrogens (primary N) is 1. The minimum Gasteiger partial charge on any atom is -0.497 e. The van der Waals surface area contributed by atoms with Crippen LogP contribution >= 0.6 is 11.3 Å². The Morgan fingerprint density at radius 3 is 2.67 bits per heavy atom. The van der Waals surface area contributed by atoms with Gasteiger partial charge >= 0.3 is 0 Å². The van der Waals surface area contributed by atoms with Crippen LogP contribution in [-0.2, 0) is 6.54 Å². The maximum atomic E-state index is 5.68. The molecule has 24 heavy (non-hydrogen) atoms. The maximum absolute atomic E-state index is 5.68. The second kappa shape index (κ2) is 5.93. The Bertz CT molecular complexity index is 990. The summed E-state index contributed by atoms with van der Waals surface area (Å²) in [5.74, 6) is 0.852. The number of imidazole rings is 1. The van der Waals surface area contributed by atoms with E-state index in [-0.39, 0.29) is 0 Å². The van der Waals surface area contributed by atoms with Crippen molar-refractivity contribution in [2.75, 3.05) is 12.8 Å². The summed E-state index contributed by atoms with van der Waals surface area (Å²) < 4.78 is 7.32. The number of methoxy groups -OCH3 is 1. The molecule has 0 saturated heterocycles. The Morgan fingerprint density at radius 2 is 1.96 bits per heavy atom. The highest BCUT2D eigenvalue weighted by Crippen LogP contribution is 2.27. The van der Waals surface area contributed by atoms with Crippen molar-refractivity contribution in [2.24, 2.45) is 0 Å². The van der Waals surface area contributed by atoms with Crippen molar-refractivity contribution in [1.29, 1.82) is 0 Å². The Kier molecular flexibility index (Phi) is 3.62. The third-order valence-corrected chi connectivity index (χ3v) is 4.62. The highest BCUT2D eigenvalue weighted by Gasteiger charge is 2.09. The minimum atomic E-state index is 0.469. The predicted molar refractivity (Wildman–Crippen MR) is 95.1 cm³/mol. The van der Waals surface area contributed by atoms with E-state index in [0.717, 1.165) is 33.9 Å². The average molecular weight is 337 g/mol. The van der Waals surface area contributed by atoms with Gasteiger partial charge in [-0.05, 0) is 35.9 Å². The largest absolute Gasteiger partial charge is 0.497 e. The van der Waals surface area contributed by atoms with E-state index in [1.165, 1.54) is 16.9 Å². The van der Waals surface area contributed by atoms with E-state index in [1.807, 2.05) is 30.6 Å². The van der Waals surface area contributed by atoms with Gasteiger partial charge in [-0.15, -0.1) is 10.2 Å². The van der Waals surface area contributed by atoms with Crippen LogP contribution in [0.3, 0.4) is 0 Å². The number of benzene rings is 2. The molecule has 0 bridgehead atoms. The van der Waals surface area contributed by atoms with Gasteiger partial charge < -0.3 is 15.0 Å². The zero-order valence-corrected chi connectivity index (χ0v) is 13.8. The molecule has 0 aliphatic rings. The van der Waals surface area contributed by atoms with E-state index in [9.17, 15) is 0 Å². The highest BCUT2D eigenvalue weighted by atomic mass is 32.1. The first-order chi connectivity index (χ1) is 11.7.